The van der Waals surface area contributed by atoms with Crippen molar-refractivity contribution in [2.75, 3.05) is 32.7 Å². The highest BCUT2D eigenvalue weighted by Crippen LogP contribution is 2.13. The van der Waals surface area contributed by atoms with E-state index in [-0.39, 0.29) is 0 Å². The minimum Gasteiger partial charge on any atom is -0.316 e. The van der Waals surface area contributed by atoms with E-state index < -0.39 is 0 Å². The Morgan fingerprint density at radius 3 is 2.88 bits per heavy atom. The Morgan fingerprint density at radius 2 is 2.31 bits per heavy atom. The van der Waals surface area contributed by atoms with Crippen molar-refractivity contribution in [1.82, 2.24) is 10.2 Å². The maximum Gasteiger partial charge on any atom is 0.0635 e. The quantitative estimate of drug-likeness (QED) is 0.747. The largest absolute Gasteiger partial charge is 0.316 e. The molecule has 1 aliphatic heterocycles. The van der Waals surface area contributed by atoms with Gasteiger partial charge in [0.05, 0.1) is 6.07 Å². The molecular weight excluding hydrogens is 198 g/mol. The van der Waals surface area contributed by atoms with Crippen molar-refractivity contribution < 1.29 is 0 Å². The smallest absolute Gasteiger partial charge is 0.0635 e. The van der Waals surface area contributed by atoms with E-state index in [0.29, 0.717) is 12.3 Å². The monoisotopic (exact) mass is 223 g/mol. The van der Waals surface area contributed by atoms with Gasteiger partial charge < -0.3 is 10.2 Å². The second kappa shape index (κ2) is 7.65. The van der Waals surface area contributed by atoms with Crippen LogP contribution in [0.1, 0.15) is 33.1 Å². The molecule has 1 aliphatic rings. The lowest BCUT2D eigenvalue weighted by atomic mass is 9.98. The van der Waals surface area contributed by atoms with Gasteiger partial charge in [-0.3, -0.25) is 0 Å². The van der Waals surface area contributed by atoms with Gasteiger partial charge in [0, 0.05) is 26.1 Å². The summed E-state index contributed by atoms with van der Waals surface area (Å²) in [6.45, 7) is 10.0. The average molecular weight is 223 g/mol. The zero-order valence-electron chi connectivity index (χ0n) is 10.7. The molecular formula is C13H25N3. The SMILES string of the molecule is CC(C)CN(CCC#N)CC1CCCNC1. The Hall–Kier alpha value is -0.590. The standard InChI is InChI=1S/C13H25N3/c1-12(2)10-16(8-4-6-14)11-13-5-3-7-15-9-13/h12-13,15H,3-5,7-11H2,1-2H3. The number of nitrogens with one attached hydrogen (secondary N) is 1. The van der Waals surface area contributed by atoms with Crippen molar-refractivity contribution in [3.05, 3.63) is 0 Å². The fourth-order valence-corrected chi connectivity index (χ4v) is 2.43. The molecule has 0 aromatic heterocycles. The third kappa shape index (κ3) is 5.48. The van der Waals surface area contributed by atoms with Crippen LogP contribution in [-0.4, -0.2) is 37.6 Å². The highest BCUT2D eigenvalue weighted by atomic mass is 15.1. The number of hydrogen-bond acceptors (Lipinski definition) is 3. The minimum absolute atomic E-state index is 0.660. The zero-order valence-corrected chi connectivity index (χ0v) is 10.7. The molecule has 1 heterocycles. The number of piperidine rings is 1. The Morgan fingerprint density at radius 1 is 1.50 bits per heavy atom. The molecule has 1 fully saturated rings. The molecule has 0 spiro atoms. The van der Waals surface area contributed by atoms with Crippen LogP contribution in [0.3, 0.4) is 0 Å². The van der Waals surface area contributed by atoms with E-state index in [1.54, 1.807) is 0 Å². The number of nitriles is 1. The van der Waals surface area contributed by atoms with Gasteiger partial charge in [0.2, 0.25) is 0 Å². The lowest BCUT2D eigenvalue weighted by Crippen LogP contribution is -2.40. The molecule has 0 radical (unpaired) electrons. The Kier molecular flexibility index (Phi) is 6.44. The molecule has 1 rings (SSSR count). The first-order chi connectivity index (χ1) is 7.72. The summed E-state index contributed by atoms with van der Waals surface area (Å²) in [7, 11) is 0. The molecule has 3 nitrogen and oxygen atoms in total. The van der Waals surface area contributed by atoms with Gasteiger partial charge in [-0.05, 0) is 37.8 Å². The fourth-order valence-electron chi connectivity index (χ4n) is 2.43. The highest BCUT2D eigenvalue weighted by Gasteiger charge is 2.17. The molecule has 1 N–H and O–H groups in total. The summed E-state index contributed by atoms with van der Waals surface area (Å²) < 4.78 is 0. The zero-order chi connectivity index (χ0) is 11.8. The van der Waals surface area contributed by atoms with Gasteiger partial charge in [0.15, 0.2) is 0 Å². The van der Waals surface area contributed by atoms with Crippen molar-refractivity contribution in [1.29, 1.82) is 5.26 Å². The second-order valence-electron chi connectivity index (χ2n) is 5.27. The summed E-state index contributed by atoms with van der Waals surface area (Å²) in [5, 5.41) is 12.1. The van der Waals surface area contributed by atoms with E-state index in [1.807, 2.05) is 0 Å². The molecule has 1 unspecified atom stereocenters. The van der Waals surface area contributed by atoms with Gasteiger partial charge in [-0.1, -0.05) is 13.8 Å². The first kappa shape index (κ1) is 13.5. The maximum absolute atomic E-state index is 8.67. The third-order valence-corrected chi connectivity index (χ3v) is 3.08. The molecule has 0 saturated carbocycles. The topological polar surface area (TPSA) is 39.1 Å². The van der Waals surface area contributed by atoms with Crippen molar-refractivity contribution in [3.8, 4) is 6.07 Å². The molecule has 92 valence electrons. The van der Waals surface area contributed by atoms with Crippen LogP contribution in [0.15, 0.2) is 0 Å². The molecule has 0 aromatic rings. The van der Waals surface area contributed by atoms with Crippen LogP contribution in [0.25, 0.3) is 0 Å². The molecule has 0 aromatic carbocycles. The molecule has 1 atom stereocenters. The van der Waals surface area contributed by atoms with Crippen molar-refractivity contribution in [2.45, 2.75) is 33.1 Å². The Labute approximate surface area is 99.8 Å². The minimum atomic E-state index is 0.660. The van der Waals surface area contributed by atoms with Gasteiger partial charge in [0.25, 0.3) is 0 Å². The summed E-state index contributed by atoms with van der Waals surface area (Å²) in [5.41, 5.74) is 0. The summed E-state index contributed by atoms with van der Waals surface area (Å²) in [6.07, 6.45) is 3.31. The van der Waals surface area contributed by atoms with Gasteiger partial charge >= 0.3 is 0 Å². The van der Waals surface area contributed by atoms with Crippen LogP contribution in [0.5, 0.6) is 0 Å². The molecule has 0 bridgehead atoms. The molecule has 1 saturated heterocycles. The maximum atomic E-state index is 8.67. The molecule has 3 heteroatoms. The summed E-state index contributed by atoms with van der Waals surface area (Å²) in [4.78, 5) is 2.46. The molecule has 16 heavy (non-hydrogen) atoms. The van der Waals surface area contributed by atoms with Crippen LogP contribution < -0.4 is 5.32 Å². The van der Waals surface area contributed by atoms with E-state index in [1.165, 1.54) is 19.4 Å². The van der Waals surface area contributed by atoms with Gasteiger partial charge in [-0.2, -0.15) is 5.26 Å². The van der Waals surface area contributed by atoms with Crippen molar-refractivity contribution in [3.63, 3.8) is 0 Å². The fraction of sp³-hybridized carbons (Fsp3) is 0.923. The lowest BCUT2D eigenvalue weighted by Gasteiger charge is -2.30. The average Bonchev–Trinajstić information content (AvgIpc) is 2.26. The number of hydrogen-bond donors (Lipinski definition) is 1. The molecule has 0 aliphatic carbocycles. The number of nitrogens with zero attached hydrogens (tertiary/aromatic N) is 2. The normalized spacial score (nSPS) is 21.3. The Bertz CT molecular complexity index is 214. The first-order valence-electron chi connectivity index (χ1n) is 6.52. The number of rotatable bonds is 6. The van der Waals surface area contributed by atoms with E-state index in [2.05, 4.69) is 30.1 Å². The van der Waals surface area contributed by atoms with Crippen LogP contribution in [-0.2, 0) is 0 Å². The van der Waals surface area contributed by atoms with E-state index >= 15 is 0 Å². The summed E-state index contributed by atoms with van der Waals surface area (Å²) in [5.74, 6) is 1.47. The summed E-state index contributed by atoms with van der Waals surface area (Å²) in [6, 6.07) is 2.25. The lowest BCUT2D eigenvalue weighted by molar-refractivity contribution is 0.193. The summed E-state index contributed by atoms with van der Waals surface area (Å²) >= 11 is 0. The molecule has 0 amide bonds. The van der Waals surface area contributed by atoms with Crippen molar-refractivity contribution >= 4 is 0 Å². The van der Waals surface area contributed by atoms with E-state index in [0.717, 1.165) is 32.1 Å². The van der Waals surface area contributed by atoms with E-state index in [9.17, 15) is 0 Å². The van der Waals surface area contributed by atoms with Crippen LogP contribution in [0, 0.1) is 23.2 Å². The second-order valence-corrected chi connectivity index (χ2v) is 5.27. The first-order valence-corrected chi connectivity index (χ1v) is 6.52. The van der Waals surface area contributed by atoms with Gasteiger partial charge in [0.1, 0.15) is 0 Å². The van der Waals surface area contributed by atoms with Crippen LogP contribution in [0.2, 0.25) is 0 Å². The third-order valence-electron chi connectivity index (χ3n) is 3.08. The van der Waals surface area contributed by atoms with Crippen LogP contribution >= 0.6 is 0 Å². The predicted molar refractivity (Wildman–Crippen MR) is 67.1 cm³/mol. The van der Waals surface area contributed by atoms with Gasteiger partial charge in [-0.15, -0.1) is 0 Å². The van der Waals surface area contributed by atoms with E-state index in [4.69, 9.17) is 5.26 Å². The Balaban J connectivity index is 2.32. The van der Waals surface area contributed by atoms with Crippen molar-refractivity contribution in [2.24, 2.45) is 11.8 Å². The van der Waals surface area contributed by atoms with Crippen LogP contribution in [0.4, 0.5) is 0 Å². The highest BCUT2D eigenvalue weighted by molar-refractivity contribution is 4.77. The predicted octanol–water partition coefficient (Wildman–Crippen LogP) is 1.86. The van der Waals surface area contributed by atoms with Gasteiger partial charge in [-0.25, -0.2) is 0 Å².